The average molecular weight is 277 g/mol. The van der Waals surface area contributed by atoms with Gasteiger partial charge < -0.3 is 14.7 Å². The van der Waals surface area contributed by atoms with E-state index < -0.39 is 17.4 Å². The van der Waals surface area contributed by atoms with Crippen LogP contribution in [0, 0.1) is 0 Å². The van der Waals surface area contributed by atoms with E-state index in [1.165, 1.54) is 18.9 Å². The Morgan fingerprint density at radius 3 is 2.45 bits per heavy atom. The van der Waals surface area contributed by atoms with Gasteiger partial charge in [-0.15, -0.1) is 0 Å². The van der Waals surface area contributed by atoms with Gasteiger partial charge in [-0.05, 0) is 25.8 Å². The third kappa shape index (κ3) is 2.24. The number of amides is 1. The van der Waals surface area contributed by atoms with E-state index in [1.54, 1.807) is 7.11 Å². The minimum Gasteiger partial charge on any atom is -0.496 e. The van der Waals surface area contributed by atoms with Crippen molar-refractivity contribution in [3.8, 4) is 5.75 Å². The highest BCUT2D eigenvalue weighted by Gasteiger charge is 2.54. The number of carbonyl (C=O) groups is 2. The number of methoxy groups -OCH3 is 1. The lowest BCUT2D eigenvalue weighted by molar-refractivity contribution is -0.149. The molecule has 5 heteroatoms. The number of hydrogen-bond acceptors (Lipinski definition) is 3. The molecule has 1 saturated carbocycles. The van der Waals surface area contributed by atoms with Crippen molar-refractivity contribution in [3.05, 3.63) is 29.8 Å². The second-order valence-corrected chi connectivity index (χ2v) is 5.21. The molecular weight excluding hydrogens is 258 g/mol. The van der Waals surface area contributed by atoms with Crippen molar-refractivity contribution in [1.29, 1.82) is 0 Å². The minimum atomic E-state index is -1.00. The van der Waals surface area contributed by atoms with Crippen LogP contribution in [-0.2, 0) is 15.0 Å². The normalized spacial score (nSPS) is 17.1. The number of para-hydroxylation sites is 1. The van der Waals surface area contributed by atoms with Crippen molar-refractivity contribution >= 4 is 11.9 Å². The third-order valence-corrected chi connectivity index (χ3v) is 4.04. The highest BCUT2D eigenvalue weighted by atomic mass is 16.5. The Hall–Kier alpha value is -2.04. The number of carbonyl (C=O) groups excluding carboxylic acids is 1. The number of carboxylic acid groups (broad SMARTS) is 1. The summed E-state index contributed by atoms with van der Waals surface area (Å²) in [5.41, 5.74) is 0.224. The fraction of sp³-hybridized carbons (Fsp3) is 0.467. The molecule has 0 spiro atoms. The van der Waals surface area contributed by atoms with Crippen molar-refractivity contribution in [3.63, 3.8) is 0 Å². The maximum Gasteiger partial charge on any atom is 0.326 e. The maximum atomic E-state index is 12.6. The van der Waals surface area contributed by atoms with Gasteiger partial charge in [0.1, 0.15) is 11.8 Å². The molecule has 2 rings (SSSR count). The van der Waals surface area contributed by atoms with Crippen molar-refractivity contribution < 1.29 is 19.4 Å². The van der Waals surface area contributed by atoms with Gasteiger partial charge in [0.25, 0.3) is 0 Å². The molecule has 0 heterocycles. The predicted molar refractivity (Wildman–Crippen MR) is 73.8 cm³/mol. The molecule has 1 unspecified atom stereocenters. The molecule has 1 amide bonds. The Labute approximate surface area is 118 Å². The number of likely N-dealkylation sites (N-methyl/N-ethyl adjacent to an activating group) is 1. The van der Waals surface area contributed by atoms with Crippen LogP contribution >= 0.6 is 0 Å². The number of ether oxygens (including phenoxy) is 1. The summed E-state index contributed by atoms with van der Waals surface area (Å²) in [6, 6.07) is 6.58. The molecule has 0 aromatic heterocycles. The summed E-state index contributed by atoms with van der Waals surface area (Å²) >= 11 is 0. The first-order valence-electron chi connectivity index (χ1n) is 6.57. The van der Waals surface area contributed by atoms with Crippen LogP contribution in [0.1, 0.15) is 25.3 Å². The Kier molecular flexibility index (Phi) is 3.70. The summed E-state index contributed by atoms with van der Waals surface area (Å²) < 4.78 is 5.32. The van der Waals surface area contributed by atoms with Crippen LogP contribution in [0.4, 0.5) is 0 Å². The molecule has 108 valence electrons. The van der Waals surface area contributed by atoms with E-state index in [0.29, 0.717) is 5.75 Å². The van der Waals surface area contributed by atoms with Crippen molar-refractivity contribution in [2.75, 3.05) is 14.2 Å². The second-order valence-electron chi connectivity index (χ2n) is 5.21. The summed E-state index contributed by atoms with van der Waals surface area (Å²) in [6.45, 7) is 1.51. The van der Waals surface area contributed by atoms with Crippen molar-refractivity contribution in [2.24, 2.45) is 0 Å². The monoisotopic (exact) mass is 277 g/mol. The highest BCUT2D eigenvalue weighted by molar-refractivity contribution is 5.94. The molecule has 0 radical (unpaired) electrons. The lowest BCUT2D eigenvalue weighted by Gasteiger charge is -2.27. The Morgan fingerprint density at radius 1 is 1.35 bits per heavy atom. The lowest BCUT2D eigenvalue weighted by atomic mass is 9.93. The van der Waals surface area contributed by atoms with Crippen molar-refractivity contribution in [1.82, 2.24) is 4.90 Å². The molecular formula is C15H19NO4. The molecule has 20 heavy (non-hydrogen) atoms. The summed E-state index contributed by atoms with van der Waals surface area (Å²) in [5.74, 6) is -0.483. The van der Waals surface area contributed by atoms with Crippen LogP contribution in [0.2, 0.25) is 0 Å². The van der Waals surface area contributed by atoms with Gasteiger partial charge in [0.15, 0.2) is 0 Å². The number of aliphatic carboxylic acids is 1. The number of carboxylic acids is 1. The number of nitrogens with zero attached hydrogens (tertiary/aromatic N) is 1. The van der Waals surface area contributed by atoms with Crippen LogP contribution in [0.25, 0.3) is 0 Å². The quantitative estimate of drug-likeness (QED) is 0.888. The van der Waals surface area contributed by atoms with E-state index >= 15 is 0 Å². The summed E-state index contributed by atoms with van der Waals surface area (Å²) in [5, 5.41) is 9.04. The molecule has 1 fully saturated rings. The first-order chi connectivity index (χ1) is 9.44. The highest BCUT2D eigenvalue weighted by Crippen LogP contribution is 2.52. The van der Waals surface area contributed by atoms with E-state index in [-0.39, 0.29) is 5.91 Å². The van der Waals surface area contributed by atoms with Crippen LogP contribution in [-0.4, -0.2) is 42.1 Å². The fourth-order valence-corrected chi connectivity index (χ4v) is 2.44. The van der Waals surface area contributed by atoms with E-state index in [2.05, 4.69) is 0 Å². The SMILES string of the molecule is COc1ccccc1C1(C(=O)N(C)C(C)C(=O)O)CC1. The van der Waals surface area contributed by atoms with Crippen molar-refractivity contribution in [2.45, 2.75) is 31.2 Å². The van der Waals surface area contributed by atoms with E-state index in [1.807, 2.05) is 24.3 Å². The van der Waals surface area contributed by atoms with E-state index in [0.717, 1.165) is 18.4 Å². The van der Waals surface area contributed by atoms with E-state index in [4.69, 9.17) is 9.84 Å². The Bertz CT molecular complexity index is 536. The summed E-state index contributed by atoms with van der Waals surface area (Å²) in [6.07, 6.45) is 1.45. The number of rotatable bonds is 5. The lowest BCUT2D eigenvalue weighted by Crippen LogP contribution is -2.45. The standard InChI is InChI=1S/C15H19NO4/c1-10(13(17)18)16(2)14(19)15(8-9-15)11-6-4-5-7-12(11)20-3/h4-7,10H,8-9H2,1-3H3,(H,17,18). The largest absolute Gasteiger partial charge is 0.496 e. The zero-order valence-electron chi connectivity index (χ0n) is 11.9. The van der Waals surface area contributed by atoms with Gasteiger partial charge in [-0.2, -0.15) is 0 Å². The summed E-state index contributed by atoms with van der Waals surface area (Å²) in [7, 11) is 3.11. The molecule has 1 aromatic rings. The molecule has 0 saturated heterocycles. The Morgan fingerprint density at radius 2 is 1.95 bits per heavy atom. The summed E-state index contributed by atoms with van der Waals surface area (Å²) in [4.78, 5) is 25.0. The Balaban J connectivity index is 2.32. The number of hydrogen-bond donors (Lipinski definition) is 1. The van der Waals surface area contributed by atoms with E-state index in [9.17, 15) is 9.59 Å². The zero-order valence-corrected chi connectivity index (χ0v) is 11.9. The van der Waals surface area contributed by atoms with Crippen LogP contribution < -0.4 is 4.74 Å². The molecule has 0 aliphatic heterocycles. The molecule has 1 N–H and O–H groups in total. The third-order valence-electron chi connectivity index (χ3n) is 4.04. The molecule has 1 aliphatic rings. The van der Waals surface area contributed by atoms with Gasteiger partial charge in [0.2, 0.25) is 5.91 Å². The molecule has 5 nitrogen and oxygen atoms in total. The van der Waals surface area contributed by atoms with Gasteiger partial charge >= 0.3 is 5.97 Å². The van der Waals surface area contributed by atoms with Crippen LogP contribution in [0.5, 0.6) is 5.75 Å². The van der Waals surface area contributed by atoms with Gasteiger partial charge in [-0.25, -0.2) is 4.79 Å². The molecule has 1 aliphatic carbocycles. The first-order valence-corrected chi connectivity index (χ1v) is 6.57. The van der Waals surface area contributed by atoms with Gasteiger partial charge in [-0.3, -0.25) is 4.79 Å². The smallest absolute Gasteiger partial charge is 0.326 e. The minimum absolute atomic E-state index is 0.156. The predicted octanol–water partition coefficient (Wildman–Crippen LogP) is 1.66. The zero-order chi connectivity index (χ0) is 14.9. The fourth-order valence-electron chi connectivity index (χ4n) is 2.44. The van der Waals surface area contributed by atoms with Gasteiger partial charge in [0.05, 0.1) is 12.5 Å². The average Bonchev–Trinajstić information content (AvgIpc) is 3.26. The molecule has 1 aromatic carbocycles. The molecule has 1 atom stereocenters. The van der Waals surface area contributed by atoms with Gasteiger partial charge in [0, 0.05) is 12.6 Å². The van der Waals surface area contributed by atoms with Gasteiger partial charge in [-0.1, -0.05) is 18.2 Å². The van der Waals surface area contributed by atoms with Crippen LogP contribution in [0.3, 0.4) is 0 Å². The molecule has 0 bridgehead atoms. The topological polar surface area (TPSA) is 66.8 Å². The number of benzene rings is 1. The maximum absolute atomic E-state index is 12.6. The second kappa shape index (κ2) is 5.15. The first kappa shape index (κ1) is 14.4. The van der Waals surface area contributed by atoms with Crippen LogP contribution in [0.15, 0.2) is 24.3 Å².